The number of rotatable bonds is 0. The summed E-state index contributed by atoms with van der Waals surface area (Å²) in [7, 11) is 0. The van der Waals surface area contributed by atoms with Gasteiger partial charge in [0.25, 0.3) is 0 Å². The standard InChI is InChI=1S/C13H16N2/c1-8-3-4-12-10(5-8)11-6-9(2)7-14-13(11)15-12/h3,5,7,11-12H,4,6H2,1-2H3,(H,14,15). The molecule has 1 saturated heterocycles. The van der Waals surface area contributed by atoms with Crippen molar-refractivity contribution in [2.24, 2.45) is 10.9 Å². The number of aliphatic imine (C=N–C) groups is 1. The van der Waals surface area contributed by atoms with Crippen molar-refractivity contribution >= 4 is 5.84 Å². The average molecular weight is 200 g/mol. The van der Waals surface area contributed by atoms with Gasteiger partial charge in [0, 0.05) is 12.1 Å². The van der Waals surface area contributed by atoms with Crippen molar-refractivity contribution in [2.45, 2.75) is 32.7 Å². The Morgan fingerprint density at radius 3 is 3.13 bits per heavy atom. The molecule has 2 nitrogen and oxygen atoms in total. The summed E-state index contributed by atoms with van der Waals surface area (Å²) in [6, 6.07) is 0.511. The van der Waals surface area contributed by atoms with Crippen LogP contribution in [0, 0.1) is 5.92 Å². The van der Waals surface area contributed by atoms with Gasteiger partial charge in [-0.25, -0.2) is 4.99 Å². The second kappa shape index (κ2) is 3.09. The molecule has 2 aliphatic heterocycles. The molecule has 2 atom stereocenters. The first-order chi connectivity index (χ1) is 7.24. The molecule has 1 N–H and O–H groups in total. The van der Waals surface area contributed by atoms with E-state index in [9.17, 15) is 0 Å². The van der Waals surface area contributed by atoms with Crippen LogP contribution in [0.15, 0.2) is 40.1 Å². The van der Waals surface area contributed by atoms with Gasteiger partial charge in [-0.15, -0.1) is 0 Å². The molecule has 15 heavy (non-hydrogen) atoms. The van der Waals surface area contributed by atoms with E-state index < -0.39 is 0 Å². The molecule has 1 fully saturated rings. The fourth-order valence-corrected chi connectivity index (χ4v) is 2.68. The van der Waals surface area contributed by atoms with Crippen LogP contribution in [0.3, 0.4) is 0 Å². The predicted molar refractivity (Wildman–Crippen MR) is 62.7 cm³/mol. The lowest BCUT2D eigenvalue weighted by molar-refractivity contribution is 0.693. The van der Waals surface area contributed by atoms with E-state index in [1.165, 1.54) is 17.0 Å². The number of nitrogens with zero attached hydrogens (tertiary/aromatic N) is 1. The quantitative estimate of drug-likeness (QED) is 0.638. The highest BCUT2D eigenvalue weighted by Crippen LogP contribution is 2.36. The highest BCUT2D eigenvalue weighted by molar-refractivity contribution is 5.93. The van der Waals surface area contributed by atoms with Crippen LogP contribution in [0.1, 0.15) is 26.7 Å². The summed E-state index contributed by atoms with van der Waals surface area (Å²) >= 11 is 0. The molecule has 0 radical (unpaired) electrons. The molecule has 0 spiro atoms. The molecule has 78 valence electrons. The van der Waals surface area contributed by atoms with E-state index in [4.69, 9.17) is 0 Å². The Bertz CT molecular complexity index is 424. The van der Waals surface area contributed by atoms with E-state index in [0.29, 0.717) is 12.0 Å². The molecule has 0 aromatic rings. The predicted octanol–water partition coefficient (Wildman–Crippen LogP) is 2.56. The Morgan fingerprint density at radius 2 is 2.27 bits per heavy atom. The van der Waals surface area contributed by atoms with Gasteiger partial charge < -0.3 is 5.32 Å². The lowest BCUT2D eigenvalue weighted by Crippen LogP contribution is -2.27. The molecule has 1 aliphatic carbocycles. The summed E-state index contributed by atoms with van der Waals surface area (Å²) in [4.78, 5) is 4.50. The Labute approximate surface area is 90.5 Å². The summed E-state index contributed by atoms with van der Waals surface area (Å²) in [6.45, 7) is 4.35. The minimum atomic E-state index is 0.511. The monoisotopic (exact) mass is 200 g/mol. The molecule has 3 aliphatic rings. The van der Waals surface area contributed by atoms with Gasteiger partial charge in [-0.1, -0.05) is 23.3 Å². The van der Waals surface area contributed by atoms with Crippen molar-refractivity contribution in [3.8, 4) is 0 Å². The van der Waals surface area contributed by atoms with E-state index >= 15 is 0 Å². The van der Waals surface area contributed by atoms with Gasteiger partial charge in [0.2, 0.25) is 0 Å². The van der Waals surface area contributed by atoms with Crippen LogP contribution in [-0.2, 0) is 0 Å². The molecule has 2 heterocycles. The van der Waals surface area contributed by atoms with Gasteiger partial charge in [-0.2, -0.15) is 0 Å². The van der Waals surface area contributed by atoms with Gasteiger partial charge in [0.05, 0.1) is 6.04 Å². The SMILES string of the molecule is CC1=CCC2NC3=NC=C(C)CC3C2=C1. The van der Waals surface area contributed by atoms with Crippen LogP contribution >= 0.6 is 0 Å². The lowest BCUT2D eigenvalue weighted by Gasteiger charge is -2.19. The number of fused-ring (bicyclic) bond motifs is 3. The maximum atomic E-state index is 4.50. The van der Waals surface area contributed by atoms with Crippen LogP contribution < -0.4 is 5.32 Å². The number of nitrogens with one attached hydrogen (secondary N) is 1. The third-order valence-corrected chi connectivity index (χ3v) is 3.48. The second-order valence-electron chi connectivity index (χ2n) is 4.77. The summed E-state index contributed by atoms with van der Waals surface area (Å²) in [5.74, 6) is 1.71. The van der Waals surface area contributed by atoms with E-state index in [1.54, 1.807) is 5.57 Å². The van der Waals surface area contributed by atoms with Gasteiger partial charge in [-0.05, 0) is 32.3 Å². The molecule has 2 heteroatoms. The number of allylic oxidation sites excluding steroid dienone is 3. The van der Waals surface area contributed by atoms with Crippen molar-refractivity contribution < 1.29 is 0 Å². The van der Waals surface area contributed by atoms with Crippen molar-refractivity contribution in [3.63, 3.8) is 0 Å². The van der Waals surface area contributed by atoms with Gasteiger partial charge in [-0.3, -0.25) is 0 Å². The molecule has 3 rings (SSSR count). The minimum absolute atomic E-state index is 0.511. The molecule has 0 amide bonds. The molecule has 0 aromatic carbocycles. The second-order valence-corrected chi connectivity index (χ2v) is 4.77. The van der Waals surface area contributed by atoms with Gasteiger partial charge in [0.1, 0.15) is 5.84 Å². The average Bonchev–Trinajstić information content (AvgIpc) is 2.56. The Hall–Kier alpha value is -1.31. The normalized spacial score (nSPS) is 32.9. The van der Waals surface area contributed by atoms with Crippen molar-refractivity contribution in [1.29, 1.82) is 0 Å². The molecule has 2 unspecified atom stereocenters. The Kier molecular flexibility index (Phi) is 1.84. The number of amidine groups is 1. The fourth-order valence-electron chi connectivity index (χ4n) is 2.68. The highest BCUT2D eigenvalue weighted by atomic mass is 15.1. The third-order valence-electron chi connectivity index (χ3n) is 3.48. The first kappa shape index (κ1) is 8.96. The molecule has 0 saturated carbocycles. The zero-order chi connectivity index (χ0) is 10.4. The van der Waals surface area contributed by atoms with E-state index in [0.717, 1.165) is 12.8 Å². The minimum Gasteiger partial charge on any atom is -0.366 e. The fraction of sp³-hybridized carbons (Fsp3) is 0.462. The van der Waals surface area contributed by atoms with Crippen LogP contribution in [0.4, 0.5) is 0 Å². The van der Waals surface area contributed by atoms with Gasteiger partial charge >= 0.3 is 0 Å². The first-order valence-electron chi connectivity index (χ1n) is 5.62. The van der Waals surface area contributed by atoms with E-state index in [2.05, 4.69) is 36.3 Å². The first-order valence-corrected chi connectivity index (χ1v) is 5.62. The summed E-state index contributed by atoms with van der Waals surface area (Å²) in [6.07, 6.45) is 8.90. The third kappa shape index (κ3) is 1.36. The zero-order valence-corrected chi connectivity index (χ0v) is 9.25. The summed E-state index contributed by atoms with van der Waals surface area (Å²) in [5.41, 5.74) is 4.33. The zero-order valence-electron chi connectivity index (χ0n) is 9.25. The van der Waals surface area contributed by atoms with Crippen molar-refractivity contribution in [3.05, 3.63) is 35.1 Å². The van der Waals surface area contributed by atoms with Gasteiger partial charge in [0.15, 0.2) is 0 Å². The van der Waals surface area contributed by atoms with E-state index in [1.807, 2.05) is 6.20 Å². The van der Waals surface area contributed by atoms with Crippen LogP contribution in [0.5, 0.6) is 0 Å². The molecule has 0 aromatic heterocycles. The maximum Gasteiger partial charge on any atom is 0.110 e. The van der Waals surface area contributed by atoms with E-state index in [-0.39, 0.29) is 0 Å². The largest absolute Gasteiger partial charge is 0.366 e. The number of hydrogen-bond acceptors (Lipinski definition) is 2. The number of hydrogen-bond donors (Lipinski definition) is 1. The summed E-state index contributed by atoms with van der Waals surface area (Å²) < 4.78 is 0. The Balaban J connectivity index is 1.98. The van der Waals surface area contributed by atoms with Crippen LogP contribution in [0.2, 0.25) is 0 Å². The Morgan fingerprint density at radius 1 is 1.40 bits per heavy atom. The highest BCUT2D eigenvalue weighted by Gasteiger charge is 2.36. The maximum absolute atomic E-state index is 4.50. The summed E-state index contributed by atoms with van der Waals surface area (Å²) in [5, 5.41) is 3.53. The van der Waals surface area contributed by atoms with Crippen molar-refractivity contribution in [1.82, 2.24) is 5.32 Å². The van der Waals surface area contributed by atoms with Crippen LogP contribution in [-0.4, -0.2) is 11.9 Å². The smallest absolute Gasteiger partial charge is 0.110 e. The molecule has 0 bridgehead atoms. The molecular weight excluding hydrogens is 184 g/mol. The lowest BCUT2D eigenvalue weighted by atomic mass is 9.85. The molecular formula is C13H16N2. The van der Waals surface area contributed by atoms with Crippen LogP contribution in [0.25, 0.3) is 0 Å². The van der Waals surface area contributed by atoms with Crippen molar-refractivity contribution in [2.75, 3.05) is 0 Å². The topological polar surface area (TPSA) is 24.4 Å².